The van der Waals surface area contributed by atoms with Crippen LogP contribution in [0.1, 0.15) is 24.8 Å². The normalized spacial score (nSPS) is 25.3. The Bertz CT molecular complexity index is 307. The first-order valence-electron chi connectivity index (χ1n) is 4.59. The van der Waals surface area contributed by atoms with E-state index in [1.54, 1.807) is 6.92 Å². The van der Waals surface area contributed by atoms with Gasteiger partial charge in [-0.3, -0.25) is 4.79 Å². The molecule has 2 nitrogen and oxygen atoms in total. The maximum absolute atomic E-state index is 10.8. The van der Waals surface area contributed by atoms with Gasteiger partial charge >= 0.3 is 0 Å². The topological polar surface area (TPSA) is 29.1 Å². The minimum absolute atomic E-state index is 0.0726. The van der Waals surface area contributed by atoms with Crippen LogP contribution in [-0.2, 0) is 4.79 Å². The zero-order chi connectivity index (χ0) is 9.26. The molecule has 1 saturated carbocycles. The molecule has 1 aliphatic carbocycles. The van der Waals surface area contributed by atoms with Crippen LogP contribution in [0.25, 0.3) is 0 Å². The van der Waals surface area contributed by atoms with E-state index in [1.165, 1.54) is 5.56 Å². The lowest BCUT2D eigenvalue weighted by atomic mass is 10.1. The van der Waals surface area contributed by atoms with Crippen molar-refractivity contribution in [2.24, 2.45) is 0 Å². The highest BCUT2D eigenvalue weighted by Crippen LogP contribution is 2.40. The lowest BCUT2D eigenvalue weighted by Crippen LogP contribution is -2.23. The molecule has 1 aromatic carbocycles. The van der Waals surface area contributed by atoms with Gasteiger partial charge in [-0.05, 0) is 12.0 Å². The molecule has 0 bridgehead atoms. The molecule has 0 heterocycles. The summed E-state index contributed by atoms with van der Waals surface area (Å²) in [6.07, 6.45) is 1.09. The Labute approximate surface area is 78.0 Å². The van der Waals surface area contributed by atoms with Crippen molar-refractivity contribution in [1.82, 2.24) is 5.32 Å². The first-order chi connectivity index (χ1) is 6.27. The van der Waals surface area contributed by atoms with Crippen LogP contribution in [-0.4, -0.2) is 11.9 Å². The predicted octanol–water partition coefficient (Wildman–Crippen LogP) is 1.68. The largest absolute Gasteiger partial charge is 0.353 e. The molecule has 1 aliphatic rings. The number of carbonyl (C=O) groups excluding carboxylic acids is 1. The van der Waals surface area contributed by atoms with Gasteiger partial charge in [0.15, 0.2) is 0 Å². The van der Waals surface area contributed by atoms with Gasteiger partial charge in [0.25, 0.3) is 0 Å². The molecule has 1 aromatic rings. The maximum atomic E-state index is 10.8. The third kappa shape index (κ3) is 1.89. The number of carbonyl (C=O) groups is 1. The van der Waals surface area contributed by atoms with E-state index in [0.717, 1.165) is 6.42 Å². The Hall–Kier alpha value is -1.31. The molecule has 0 aromatic heterocycles. The lowest BCUT2D eigenvalue weighted by molar-refractivity contribution is -0.119. The quantitative estimate of drug-likeness (QED) is 0.728. The Kier molecular flexibility index (Phi) is 2.05. The van der Waals surface area contributed by atoms with Gasteiger partial charge in [-0.15, -0.1) is 0 Å². The fourth-order valence-corrected chi connectivity index (χ4v) is 1.68. The molecule has 0 saturated heterocycles. The summed E-state index contributed by atoms with van der Waals surface area (Å²) in [5.41, 5.74) is 1.33. The Morgan fingerprint density at radius 2 is 2.08 bits per heavy atom. The molecule has 13 heavy (non-hydrogen) atoms. The van der Waals surface area contributed by atoms with Gasteiger partial charge in [-0.1, -0.05) is 30.3 Å². The summed E-state index contributed by atoms with van der Waals surface area (Å²) in [5.74, 6) is 0.619. The highest BCUT2D eigenvalue weighted by atomic mass is 16.1. The molecule has 0 spiro atoms. The minimum Gasteiger partial charge on any atom is -0.353 e. The van der Waals surface area contributed by atoms with Gasteiger partial charge in [-0.2, -0.15) is 0 Å². The highest BCUT2D eigenvalue weighted by molar-refractivity contribution is 5.73. The monoisotopic (exact) mass is 175 g/mol. The van der Waals surface area contributed by atoms with E-state index >= 15 is 0 Å². The standard InChI is InChI=1S/C11H13NO/c1-8(13)12-11-7-10(11)9-5-3-2-4-6-9/h2-6,10-11H,7H2,1H3,(H,12,13)/t10-,11-/m1/s1. The molecule has 1 fully saturated rings. The van der Waals surface area contributed by atoms with E-state index in [4.69, 9.17) is 0 Å². The fourth-order valence-electron chi connectivity index (χ4n) is 1.68. The average Bonchev–Trinajstić information content (AvgIpc) is 2.84. The summed E-state index contributed by atoms with van der Waals surface area (Å²) in [6, 6.07) is 10.7. The van der Waals surface area contributed by atoms with E-state index in [0.29, 0.717) is 12.0 Å². The van der Waals surface area contributed by atoms with Gasteiger partial charge in [-0.25, -0.2) is 0 Å². The molecule has 2 heteroatoms. The summed E-state index contributed by atoms with van der Waals surface area (Å²) in [7, 11) is 0. The van der Waals surface area contributed by atoms with Crippen molar-refractivity contribution in [1.29, 1.82) is 0 Å². The van der Waals surface area contributed by atoms with Crippen LogP contribution in [0.4, 0.5) is 0 Å². The summed E-state index contributed by atoms with van der Waals surface area (Å²) in [6.45, 7) is 1.57. The first kappa shape index (κ1) is 8.30. The van der Waals surface area contributed by atoms with Crippen LogP contribution in [0.5, 0.6) is 0 Å². The second kappa shape index (κ2) is 3.21. The second-order valence-electron chi connectivity index (χ2n) is 3.56. The molecule has 0 aliphatic heterocycles. The van der Waals surface area contributed by atoms with Crippen molar-refractivity contribution in [3.8, 4) is 0 Å². The van der Waals surface area contributed by atoms with Crippen LogP contribution in [0.3, 0.4) is 0 Å². The Balaban J connectivity index is 1.97. The van der Waals surface area contributed by atoms with Crippen LogP contribution in [0.15, 0.2) is 30.3 Å². The van der Waals surface area contributed by atoms with Gasteiger partial charge in [0, 0.05) is 18.9 Å². The molecular formula is C11H13NO. The first-order valence-corrected chi connectivity index (χ1v) is 4.59. The van der Waals surface area contributed by atoms with E-state index in [-0.39, 0.29) is 5.91 Å². The fraction of sp³-hybridized carbons (Fsp3) is 0.364. The lowest BCUT2D eigenvalue weighted by Gasteiger charge is -2.00. The SMILES string of the molecule is CC(=O)N[C@@H]1C[C@@H]1c1ccccc1. The highest BCUT2D eigenvalue weighted by Gasteiger charge is 2.38. The van der Waals surface area contributed by atoms with Crippen LogP contribution in [0, 0.1) is 0 Å². The van der Waals surface area contributed by atoms with Crippen molar-refractivity contribution >= 4 is 5.91 Å². The van der Waals surface area contributed by atoms with E-state index in [1.807, 2.05) is 18.2 Å². The van der Waals surface area contributed by atoms with Gasteiger partial charge in [0.1, 0.15) is 0 Å². The van der Waals surface area contributed by atoms with Crippen LogP contribution in [0.2, 0.25) is 0 Å². The van der Waals surface area contributed by atoms with Crippen molar-refractivity contribution in [3.63, 3.8) is 0 Å². The predicted molar refractivity (Wildman–Crippen MR) is 51.4 cm³/mol. The molecular weight excluding hydrogens is 162 g/mol. The number of hydrogen-bond donors (Lipinski definition) is 1. The van der Waals surface area contributed by atoms with E-state index < -0.39 is 0 Å². The molecule has 1 amide bonds. The average molecular weight is 175 g/mol. The molecule has 1 N–H and O–H groups in total. The number of amides is 1. The number of nitrogens with one attached hydrogen (secondary N) is 1. The van der Waals surface area contributed by atoms with Crippen molar-refractivity contribution in [2.75, 3.05) is 0 Å². The number of rotatable bonds is 2. The van der Waals surface area contributed by atoms with Crippen LogP contribution < -0.4 is 5.32 Å². The van der Waals surface area contributed by atoms with E-state index in [9.17, 15) is 4.79 Å². The zero-order valence-electron chi connectivity index (χ0n) is 7.66. The maximum Gasteiger partial charge on any atom is 0.217 e. The second-order valence-corrected chi connectivity index (χ2v) is 3.56. The third-order valence-electron chi connectivity index (χ3n) is 2.41. The third-order valence-corrected chi connectivity index (χ3v) is 2.41. The number of hydrogen-bond acceptors (Lipinski definition) is 1. The van der Waals surface area contributed by atoms with Gasteiger partial charge in [0.2, 0.25) is 5.91 Å². The molecule has 0 unspecified atom stereocenters. The summed E-state index contributed by atoms with van der Waals surface area (Å²) < 4.78 is 0. The summed E-state index contributed by atoms with van der Waals surface area (Å²) in [4.78, 5) is 10.8. The molecule has 68 valence electrons. The Morgan fingerprint density at radius 1 is 1.38 bits per heavy atom. The number of benzene rings is 1. The molecule has 2 rings (SSSR count). The van der Waals surface area contributed by atoms with Crippen molar-refractivity contribution in [2.45, 2.75) is 25.3 Å². The molecule has 0 radical (unpaired) electrons. The molecule has 2 atom stereocenters. The van der Waals surface area contributed by atoms with Crippen molar-refractivity contribution < 1.29 is 4.79 Å². The minimum atomic E-state index is 0.0726. The Morgan fingerprint density at radius 3 is 2.69 bits per heavy atom. The zero-order valence-corrected chi connectivity index (χ0v) is 7.66. The van der Waals surface area contributed by atoms with Crippen molar-refractivity contribution in [3.05, 3.63) is 35.9 Å². The summed E-state index contributed by atoms with van der Waals surface area (Å²) >= 11 is 0. The van der Waals surface area contributed by atoms with Crippen LogP contribution >= 0.6 is 0 Å². The smallest absolute Gasteiger partial charge is 0.217 e. The van der Waals surface area contributed by atoms with Gasteiger partial charge < -0.3 is 5.32 Å². The van der Waals surface area contributed by atoms with Gasteiger partial charge in [0.05, 0.1) is 0 Å². The van der Waals surface area contributed by atoms with E-state index in [2.05, 4.69) is 17.4 Å². The summed E-state index contributed by atoms with van der Waals surface area (Å²) in [5, 5.41) is 2.93.